The van der Waals surface area contributed by atoms with Gasteiger partial charge in [0.1, 0.15) is 0 Å². The summed E-state index contributed by atoms with van der Waals surface area (Å²) >= 11 is 0. The third kappa shape index (κ3) is 3.27. The molecule has 3 rings (SSSR count). The average Bonchev–Trinajstić information content (AvgIpc) is 2.98. The van der Waals surface area contributed by atoms with E-state index in [-0.39, 0.29) is 0 Å². The molecule has 0 fully saturated rings. The molecule has 1 aliphatic rings. The zero-order valence-electron chi connectivity index (χ0n) is 12.6. The predicted octanol–water partition coefficient (Wildman–Crippen LogP) is 4.51. The molecular weight excluding hydrogens is 256 g/mol. The highest BCUT2D eigenvalue weighted by Crippen LogP contribution is 2.26. The molecule has 2 nitrogen and oxygen atoms in total. The minimum absolute atomic E-state index is 0.694. The van der Waals surface area contributed by atoms with Gasteiger partial charge in [-0.05, 0) is 46.7 Å². The SMILES string of the molecule is CC(C)Cc1ccc(C2=NC=C(c3ccncc3)C2)cc1. The van der Waals surface area contributed by atoms with Crippen LogP contribution in [0, 0.1) is 5.92 Å². The Morgan fingerprint density at radius 2 is 1.67 bits per heavy atom. The van der Waals surface area contributed by atoms with Crippen molar-refractivity contribution >= 4 is 11.3 Å². The molecule has 2 heteroatoms. The maximum absolute atomic E-state index is 4.59. The van der Waals surface area contributed by atoms with E-state index in [2.05, 4.69) is 48.1 Å². The Balaban J connectivity index is 1.70. The summed E-state index contributed by atoms with van der Waals surface area (Å²) in [5.74, 6) is 0.694. The van der Waals surface area contributed by atoms with Crippen molar-refractivity contribution in [3.05, 3.63) is 71.7 Å². The van der Waals surface area contributed by atoms with E-state index < -0.39 is 0 Å². The van der Waals surface area contributed by atoms with E-state index in [1.165, 1.54) is 22.3 Å². The summed E-state index contributed by atoms with van der Waals surface area (Å²) in [6.45, 7) is 4.50. The van der Waals surface area contributed by atoms with Crippen LogP contribution < -0.4 is 0 Å². The van der Waals surface area contributed by atoms with Gasteiger partial charge in [0.25, 0.3) is 0 Å². The number of hydrogen-bond acceptors (Lipinski definition) is 2. The fourth-order valence-corrected chi connectivity index (χ4v) is 2.65. The van der Waals surface area contributed by atoms with Gasteiger partial charge in [0, 0.05) is 25.0 Å². The molecular formula is C19H20N2. The van der Waals surface area contributed by atoms with E-state index in [9.17, 15) is 0 Å². The van der Waals surface area contributed by atoms with Crippen molar-refractivity contribution in [2.45, 2.75) is 26.7 Å². The van der Waals surface area contributed by atoms with Gasteiger partial charge in [-0.3, -0.25) is 9.98 Å². The molecule has 0 N–H and O–H groups in total. The van der Waals surface area contributed by atoms with Crippen LogP contribution in [-0.2, 0) is 6.42 Å². The summed E-state index contributed by atoms with van der Waals surface area (Å²) in [4.78, 5) is 8.65. The van der Waals surface area contributed by atoms with Crippen LogP contribution in [0.1, 0.15) is 37.0 Å². The fraction of sp³-hybridized carbons (Fsp3) is 0.263. The Kier molecular flexibility index (Phi) is 3.96. The monoisotopic (exact) mass is 276 g/mol. The maximum atomic E-state index is 4.59. The zero-order valence-corrected chi connectivity index (χ0v) is 12.6. The highest BCUT2D eigenvalue weighted by atomic mass is 14.7. The number of rotatable bonds is 4. The van der Waals surface area contributed by atoms with Crippen LogP contribution in [0.4, 0.5) is 0 Å². The highest BCUT2D eigenvalue weighted by molar-refractivity contribution is 6.09. The van der Waals surface area contributed by atoms with Crippen LogP contribution in [-0.4, -0.2) is 10.7 Å². The van der Waals surface area contributed by atoms with Gasteiger partial charge in [0.2, 0.25) is 0 Å². The van der Waals surface area contributed by atoms with Gasteiger partial charge in [-0.2, -0.15) is 0 Å². The predicted molar refractivity (Wildman–Crippen MR) is 88.4 cm³/mol. The van der Waals surface area contributed by atoms with Crippen molar-refractivity contribution in [1.82, 2.24) is 4.98 Å². The van der Waals surface area contributed by atoms with E-state index in [1.807, 2.05) is 30.7 Å². The Morgan fingerprint density at radius 1 is 0.952 bits per heavy atom. The summed E-state index contributed by atoms with van der Waals surface area (Å²) < 4.78 is 0. The largest absolute Gasteiger partial charge is 0.265 e. The number of aromatic nitrogens is 1. The molecule has 2 aromatic rings. The molecule has 0 amide bonds. The van der Waals surface area contributed by atoms with Crippen molar-refractivity contribution in [3.63, 3.8) is 0 Å². The minimum Gasteiger partial charge on any atom is -0.265 e. The summed E-state index contributed by atoms with van der Waals surface area (Å²) in [5, 5.41) is 0. The first-order chi connectivity index (χ1) is 10.2. The van der Waals surface area contributed by atoms with Crippen molar-refractivity contribution in [2.75, 3.05) is 0 Å². The highest BCUT2D eigenvalue weighted by Gasteiger charge is 2.13. The molecule has 0 bridgehead atoms. The average molecular weight is 276 g/mol. The number of nitrogens with zero attached hydrogens (tertiary/aromatic N) is 2. The van der Waals surface area contributed by atoms with E-state index in [1.54, 1.807) is 0 Å². The summed E-state index contributed by atoms with van der Waals surface area (Å²) in [7, 11) is 0. The molecule has 0 saturated carbocycles. The van der Waals surface area contributed by atoms with Crippen LogP contribution in [0.25, 0.3) is 5.57 Å². The Labute approximate surface area is 126 Å². The first-order valence-electron chi connectivity index (χ1n) is 7.48. The van der Waals surface area contributed by atoms with Gasteiger partial charge in [0.15, 0.2) is 0 Å². The van der Waals surface area contributed by atoms with Gasteiger partial charge >= 0.3 is 0 Å². The zero-order chi connectivity index (χ0) is 14.7. The summed E-state index contributed by atoms with van der Waals surface area (Å²) in [6, 6.07) is 12.9. The second-order valence-electron chi connectivity index (χ2n) is 5.94. The van der Waals surface area contributed by atoms with Gasteiger partial charge in [-0.25, -0.2) is 0 Å². The molecule has 1 aromatic carbocycles. The topological polar surface area (TPSA) is 25.2 Å². The number of allylic oxidation sites excluding steroid dienone is 1. The van der Waals surface area contributed by atoms with Crippen LogP contribution in [0.3, 0.4) is 0 Å². The van der Waals surface area contributed by atoms with Crippen molar-refractivity contribution < 1.29 is 0 Å². The number of pyridine rings is 1. The number of benzene rings is 1. The van der Waals surface area contributed by atoms with E-state index in [0.29, 0.717) is 5.92 Å². The van der Waals surface area contributed by atoms with Crippen LogP contribution >= 0.6 is 0 Å². The Hall–Kier alpha value is -2.22. The first kappa shape index (κ1) is 13.7. The second kappa shape index (κ2) is 6.04. The molecule has 0 unspecified atom stereocenters. The lowest BCUT2D eigenvalue weighted by atomic mass is 9.97. The molecule has 0 saturated heterocycles. The van der Waals surface area contributed by atoms with Crippen molar-refractivity contribution in [1.29, 1.82) is 0 Å². The molecule has 0 aliphatic carbocycles. The standard InChI is InChI=1S/C19H20N2/c1-14(2)11-15-3-5-17(6-4-15)19-12-18(13-21-19)16-7-9-20-10-8-16/h3-10,13-14H,11-12H2,1-2H3. The van der Waals surface area contributed by atoms with Gasteiger partial charge < -0.3 is 0 Å². The smallest absolute Gasteiger partial charge is 0.0520 e. The van der Waals surface area contributed by atoms with E-state index >= 15 is 0 Å². The minimum atomic E-state index is 0.694. The first-order valence-corrected chi connectivity index (χ1v) is 7.48. The normalized spacial score (nSPS) is 14.2. The van der Waals surface area contributed by atoms with Gasteiger partial charge in [0.05, 0.1) is 5.71 Å². The molecule has 0 radical (unpaired) electrons. The van der Waals surface area contributed by atoms with Crippen molar-refractivity contribution in [3.8, 4) is 0 Å². The third-order valence-corrected chi connectivity index (χ3v) is 3.72. The van der Waals surface area contributed by atoms with Gasteiger partial charge in [-0.15, -0.1) is 0 Å². The van der Waals surface area contributed by atoms with Gasteiger partial charge in [-0.1, -0.05) is 38.1 Å². The molecule has 2 heterocycles. The fourth-order valence-electron chi connectivity index (χ4n) is 2.65. The Morgan fingerprint density at radius 3 is 2.33 bits per heavy atom. The van der Waals surface area contributed by atoms with E-state index in [4.69, 9.17) is 0 Å². The molecule has 1 aliphatic heterocycles. The number of hydrogen-bond donors (Lipinski definition) is 0. The molecule has 21 heavy (non-hydrogen) atoms. The van der Waals surface area contributed by atoms with Crippen LogP contribution in [0.5, 0.6) is 0 Å². The Bertz CT molecular complexity index is 664. The lowest BCUT2D eigenvalue weighted by Gasteiger charge is -2.07. The van der Waals surface area contributed by atoms with Crippen LogP contribution in [0.2, 0.25) is 0 Å². The van der Waals surface area contributed by atoms with E-state index in [0.717, 1.165) is 18.6 Å². The molecule has 1 aromatic heterocycles. The summed E-state index contributed by atoms with van der Waals surface area (Å²) in [6.07, 6.45) is 7.66. The van der Waals surface area contributed by atoms with Crippen molar-refractivity contribution in [2.24, 2.45) is 10.9 Å². The lowest BCUT2D eigenvalue weighted by Crippen LogP contribution is -2.00. The maximum Gasteiger partial charge on any atom is 0.0520 e. The lowest BCUT2D eigenvalue weighted by molar-refractivity contribution is 0.647. The second-order valence-corrected chi connectivity index (χ2v) is 5.94. The van der Waals surface area contributed by atoms with Crippen LogP contribution in [0.15, 0.2) is 60.0 Å². The molecule has 0 spiro atoms. The molecule has 106 valence electrons. The summed E-state index contributed by atoms with van der Waals surface area (Å²) in [5.41, 5.74) is 6.24. The third-order valence-electron chi connectivity index (χ3n) is 3.72. The number of aliphatic imine (C=N–C) groups is 1. The quantitative estimate of drug-likeness (QED) is 0.806. The molecule has 0 atom stereocenters.